The van der Waals surface area contributed by atoms with Crippen LogP contribution in [-0.2, 0) is 30.0 Å². The molecule has 2 aromatic heterocycles. The zero-order valence-electron chi connectivity index (χ0n) is 27.4. The first-order valence-corrected chi connectivity index (χ1v) is 17.8. The monoisotopic (exact) mass is 774 g/mol. The number of hydrogen-bond acceptors (Lipinski definition) is 7. The van der Waals surface area contributed by atoms with Gasteiger partial charge in [0.1, 0.15) is 28.6 Å². The molecule has 4 aromatic carbocycles. The summed E-state index contributed by atoms with van der Waals surface area (Å²) in [7, 11) is -1.10. The van der Waals surface area contributed by atoms with E-state index in [1.54, 1.807) is 24.3 Å². The highest BCUT2D eigenvalue weighted by atomic mass is 35.5. The molecule has 52 heavy (non-hydrogen) atoms. The Balaban J connectivity index is 1.65. The third kappa shape index (κ3) is 6.96. The summed E-state index contributed by atoms with van der Waals surface area (Å²) >= 11 is 12.8. The Kier molecular flexibility index (Phi) is 9.83. The van der Waals surface area contributed by atoms with Crippen LogP contribution in [0.3, 0.4) is 0 Å². The highest BCUT2D eigenvalue weighted by molar-refractivity contribution is 7.92. The Morgan fingerprint density at radius 2 is 1.63 bits per heavy atom. The van der Waals surface area contributed by atoms with E-state index in [1.165, 1.54) is 37.0 Å². The van der Waals surface area contributed by atoms with E-state index in [2.05, 4.69) is 15.4 Å². The summed E-state index contributed by atoms with van der Waals surface area (Å²) in [5.74, 6) is -2.85. The van der Waals surface area contributed by atoms with Crippen LogP contribution in [0.15, 0.2) is 71.5 Å². The van der Waals surface area contributed by atoms with Crippen molar-refractivity contribution in [2.45, 2.75) is 19.0 Å². The number of carboxylic acid groups (broad SMARTS) is 1. The number of rotatable bonds is 10. The van der Waals surface area contributed by atoms with Gasteiger partial charge >= 0.3 is 6.09 Å². The SMILES string of the molecule is COc1ccc(CN(c2nn(C)c3c(-n4c([C@H](Cc5cc(F)cc(F)c5)NC(=O)O)nc5ccc(Cl)c(F)c5c4=O)ccc(Cl)c23)S(C)(=O)=O)cc1. The summed E-state index contributed by atoms with van der Waals surface area (Å²) in [5.41, 5.74) is -0.644. The maximum absolute atomic E-state index is 15.6. The fourth-order valence-electron chi connectivity index (χ4n) is 5.95. The van der Waals surface area contributed by atoms with Crippen LogP contribution in [0.4, 0.5) is 23.8 Å². The Labute approximate surface area is 303 Å². The number of hydrogen-bond donors (Lipinski definition) is 2. The van der Waals surface area contributed by atoms with E-state index < -0.39 is 62.0 Å². The molecule has 0 unspecified atom stereocenters. The average Bonchev–Trinajstić information content (AvgIpc) is 3.41. The molecular formula is C34H27Cl2F3N6O6S. The fourth-order valence-corrected chi connectivity index (χ4v) is 7.17. The summed E-state index contributed by atoms with van der Waals surface area (Å²) < 4.78 is 79.0. The van der Waals surface area contributed by atoms with E-state index in [4.69, 9.17) is 27.9 Å². The minimum absolute atomic E-state index is 0.00540. The maximum atomic E-state index is 15.6. The number of nitrogens with zero attached hydrogens (tertiary/aromatic N) is 5. The first-order valence-electron chi connectivity index (χ1n) is 15.2. The molecule has 12 nitrogen and oxygen atoms in total. The zero-order chi connectivity index (χ0) is 37.6. The number of halogens is 5. The number of sulfonamides is 1. The molecule has 0 saturated heterocycles. The molecule has 2 N–H and O–H groups in total. The second-order valence-corrected chi connectivity index (χ2v) is 14.4. The second kappa shape index (κ2) is 14.0. The van der Waals surface area contributed by atoms with Crippen molar-refractivity contribution >= 4 is 66.9 Å². The van der Waals surface area contributed by atoms with E-state index in [0.29, 0.717) is 17.4 Å². The van der Waals surface area contributed by atoms with Gasteiger partial charge in [0.05, 0.1) is 58.1 Å². The Hall–Kier alpha value is -5.32. The van der Waals surface area contributed by atoms with Crippen molar-refractivity contribution in [1.29, 1.82) is 0 Å². The van der Waals surface area contributed by atoms with Crippen molar-refractivity contribution in [2.24, 2.45) is 7.05 Å². The molecule has 6 aromatic rings. The molecule has 270 valence electrons. The Morgan fingerprint density at radius 1 is 0.981 bits per heavy atom. The minimum atomic E-state index is -4.04. The molecule has 2 heterocycles. The van der Waals surface area contributed by atoms with E-state index >= 15 is 4.39 Å². The number of fused-ring (bicyclic) bond motifs is 2. The average molecular weight is 776 g/mol. The number of anilines is 1. The van der Waals surface area contributed by atoms with Crippen LogP contribution in [0, 0.1) is 17.5 Å². The van der Waals surface area contributed by atoms with Crippen LogP contribution in [0.25, 0.3) is 27.5 Å². The van der Waals surface area contributed by atoms with Crippen LogP contribution < -0.4 is 19.9 Å². The topological polar surface area (TPSA) is 149 Å². The molecule has 0 saturated carbocycles. The van der Waals surface area contributed by atoms with E-state index in [1.807, 2.05) is 0 Å². The Morgan fingerprint density at radius 3 is 2.25 bits per heavy atom. The van der Waals surface area contributed by atoms with Gasteiger partial charge in [0.2, 0.25) is 10.0 Å². The van der Waals surface area contributed by atoms with E-state index in [9.17, 15) is 31.9 Å². The highest BCUT2D eigenvalue weighted by Gasteiger charge is 2.30. The van der Waals surface area contributed by atoms with Gasteiger partial charge in [-0.25, -0.2) is 35.7 Å². The lowest BCUT2D eigenvalue weighted by Crippen LogP contribution is -2.35. The van der Waals surface area contributed by atoms with Crippen molar-refractivity contribution in [3.8, 4) is 11.4 Å². The quantitative estimate of drug-likeness (QED) is 0.160. The van der Waals surface area contributed by atoms with Gasteiger partial charge in [0.25, 0.3) is 5.56 Å². The first-order chi connectivity index (χ1) is 24.6. The number of benzene rings is 4. The molecule has 1 amide bonds. The Bertz CT molecular complexity index is 2550. The molecule has 0 fully saturated rings. The van der Waals surface area contributed by atoms with Crippen LogP contribution in [0.2, 0.25) is 10.0 Å². The van der Waals surface area contributed by atoms with Gasteiger partial charge in [-0.2, -0.15) is 5.10 Å². The second-order valence-electron chi connectivity index (χ2n) is 11.7. The predicted octanol–water partition coefficient (Wildman–Crippen LogP) is 6.52. The number of aromatic nitrogens is 4. The number of aryl methyl sites for hydroxylation is 1. The minimum Gasteiger partial charge on any atom is -0.497 e. The first kappa shape index (κ1) is 36.5. The van der Waals surface area contributed by atoms with Crippen LogP contribution >= 0.6 is 23.2 Å². The molecule has 0 aliphatic carbocycles. The van der Waals surface area contributed by atoms with Gasteiger partial charge in [-0.3, -0.25) is 14.0 Å². The van der Waals surface area contributed by atoms with Crippen LogP contribution in [-0.4, -0.2) is 52.3 Å². The van der Waals surface area contributed by atoms with E-state index in [0.717, 1.165) is 33.3 Å². The normalized spacial score (nSPS) is 12.3. The number of ether oxygens (including phenoxy) is 1. The predicted molar refractivity (Wildman–Crippen MR) is 190 cm³/mol. The third-order valence-electron chi connectivity index (χ3n) is 8.19. The standard InChI is InChI=1S/C34H27Cl2F3N6O6S/c1-43-30-26(11-9-22(35)27(30)32(42-43)44(52(3,49)50)16-17-4-6-21(51-2)7-5-17)45-31(40-24-10-8-23(36)29(39)28(24)33(45)46)25(41-34(47)48)14-18-12-19(37)15-20(38)13-18/h4-13,15,25,41H,14,16H2,1-3H3,(H,47,48)/t25-/m0/s1. The molecule has 0 radical (unpaired) electrons. The van der Waals surface area contributed by atoms with Gasteiger partial charge in [0, 0.05) is 19.5 Å². The van der Waals surface area contributed by atoms with Crippen molar-refractivity contribution in [3.05, 3.63) is 122 Å². The summed E-state index contributed by atoms with van der Waals surface area (Å²) in [5, 5.41) is 15.7. The lowest BCUT2D eigenvalue weighted by atomic mass is 10.0. The summed E-state index contributed by atoms with van der Waals surface area (Å²) in [6.45, 7) is -0.184. The van der Waals surface area contributed by atoms with Gasteiger partial charge in [-0.05, 0) is 59.7 Å². The van der Waals surface area contributed by atoms with Crippen molar-refractivity contribution in [3.63, 3.8) is 0 Å². The maximum Gasteiger partial charge on any atom is 0.405 e. The lowest BCUT2D eigenvalue weighted by Gasteiger charge is -2.23. The molecular weight excluding hydrogens is 748 g/mol. The van der Waals surface area contributed by atoms with Gasteiger partial charge in [-0.15, -0.1) is 0 Å². The molecule has 0 aliphatic rings. The van der Waals surface area contributed by atoms with Gasteiger partial charge in [0.15, 0.2) is 11.6 Å². The zero-order valence-corrected chi connectivity index (χ0v) is 29.7. The van der Waals surface area contributed by atoms with Crippen molar-refractivity contribution < 1.29 is 36.2 Å². The number of amides is 1. The van der Waals surface area contributed by atoms with Crippen LogP contribution in [0.5, 0.6) is 5.75 Å². The molecule has 0 aliphatic heterocycles. The van der Waals surface area contributed by atoms with E-state index in [-0.39, 0.29) is 50.9 Å². The molecule has 0 spiro atoms. The third-order valence-corrected chi connectivity index (χ3v) is 9.90. The molecule has 18 heteroatoms. The van der Waals surface area contributed by atoms with Crippen molar-refractivity contribution in [2.75, 3.05) is 17.7 Å². The molecule has 0 bridgehead atoms. The molecule has 1 atom stereocenters. The smallest absolute Gasteiger partial charge is 0.405 e. The van der Waals surface area contributed by atoms with Gasteiger partial charge < -0.3 is 15.2 Å². The summed E-state index contributed by atoms with van der Waals surface area (Å²) in [4.78, 5) is 31.1. The van der Waals surface area contributed by atoms with Crippen LogP contribution in [0.1, 0.15) is 23.0 Å². The highest BCUT2D eigenvalue weighted by Crippen LogP contribution is 2.38. The van der Waals surface area contributed by atoms with Crippen molar-refractivity contribution in [1.82, 2.24) is 24.6 Å². The molecule has 6 rings (SSSR count). The van der Waals surface area contributed by atoms with Gasteiger partial charge in [-0.1, -0.05) is 35.3 Å². The number of methoxy groups -OCH3 is 1. The lowest BCUT2D eigenvalue weighted by molar-refractivity contribution is 0.189. The summed E-state index contributed by atoms with van der Waals surface area (Å²) in [6, 6.07) is 12.9. The largest absolute Gasteiger partial charge is 0.497 e. The summed E-state index contributed by atoms with van der Waals surface area (Å²) in [6.07, 6.45) is -1.00. The number of carbonyl (C=O) groups is 1. The number of nitrogens with one attached hydrogen (secondary N) is 1. The fraction of sp³-hybridized carbons (Fsp3) is 0.176.